The third kappa shape index (κ3) is 17.0. The molecule has 0 aromatic heterocycles. The van der Waals surface area contributed by atoms with E-state index < -0.39 is 18.4 Å². The predicted octanol–water partition coefficient (Wildman–Crippen LogP) is 1.99. The number of aliphatic carboxylic acids is 2. The average molecular weight is 259 g/mol. The number of carboxylic acids is 2. The van der Waals surface area contributed by atoms with Crippen molar-refractivity contribution in [2.24, 2.45) is 11.8 Å². The molecule has 0 bridgehead atoms. The number of carboxylic acid groups (broad SMARTS) is 2. The Labute approximate surface area is 109 Å². The van der Waals surface area contributed by atoms with E-state index in [-0.39, 0.29) is 5.57 Å². The van der Waals surface area contributed by atoms with Crippen LogP contribution in [0.1, 0.15) is 34.1 Å². The van der Waals surface area contributed by atoms with Crippen LogP contribution in [0.3, 0.4) is 0 Å². The van der Waals surface area contributed by atoms with Gasteiger partial charge in [-0.1, -0.05) is 34.3 Å². The Morgan fingerprint density at radius 2 is 1.44 bits per heavy atom. The molecule has 3 N–H and O–H groups in total. The first-order valence-corrected chi connectivity index (χ1v) is 6.00. The zero-order valence-corrected chi connectivity index (χ0v) is 11.7. The summed E-state index contributed by atoms with van der Waals surface area (Å²) < 4.78 is 0. The quantitative estimate of drug-likeness (QED) is 0.609. The molecule has 0 fully saturated rings. The fraction of sp³-hybridized carbons (Fsp3) is 0.692. The Bertz CT molecular complexity index is 264. The lowest BCUT2D eigenvalue weighted by Crippen LogP contribution is -2.23. The highest BCUT2D eigenvalue weighted by Gasteiger charge is 2.07. The second-order valence-electron chi connectivity index (χ2n) is 4.93. The van der Waals surface area contributed by atoms with Crippen molar-refractivity contribution >= 4 is 11.9 Å². The van der Waals surface area contributed by atoms with Crippen molar-refractivity contribution in [1.82, 2.24) is 5.32 Å². The highest BCUT2D eigenvalue weighted by Crippen LogP contribution is 1.95. The summed E-state index contributed by atoms with van der Waals surface area (Å²) in [4.78, 5) is 19.7. The Morgan fingerprint density at radius 3 is 1.61 bits per heavy atom. The standard InChI is InChI=1S/C8H19N.C5H6O4/c1-7(2)5-9-6-8(3)4;1-3(5(8)9)2-4(6)7/h7-9H,5-6H2,1-4H3;1-2H2,(H,6,7)(H,8,9). The number of nitrogens with one attached hydrogen (secondary N) is 1. The lowest BCUT2D eigenvalue weighted by Gasteiger charge is -2.08. The number of hydrogen-bond acceptors (Lipinski definition) is 3. The van der Waals surface area contributed by atoms with E-state index in [9.17, 15) is 9.59 Å². The molecule has 5 nitrogen and oxygen atoms in total. The number of rotatable bonds is 7. The van der Waals surface area contributed by atoms with Crippen molar-refractivity contribution < 1.29 is 19.8 Å². The van der Waals surface area contributed by atoms with Crippen LogP contribution in [0.25, 0.3) is 0 Å². The van der Waals surface area contributed by atoms with E-state index in [1.54, 1.807) is 0 Å². The van der Waals surface area contributed by atoms with Crippen LogP contribution < -0.4 is 5.32 Å². The second-order valence-corrected chi connectivity index (χ2v) is 4.93. The molecule has 0 aliphatic carbocycles. The molecule has 0 spiro atoms. The van der Waals surface area contributed by atoms with Crippen LogP contribution in [0.2, 0.25) is 0 Å². The first kappa shape index (κ1) is 19.0. The molecule has 0 aliphatic rings. The number of hydrogen-bond donors (Lipinski definition) is 3. The maximum atomic E-state index is 9.87. The highest BCUT2D eigenvalue weighted by atomic mass is 16.4. The molecular formula is C13H25NO4. The molecule has 0 unspecified atom stereocenters. The van der Waals surface area contributed by atoms with Gasteiger partial charge < -0.3 is 15.5 Å². The molecule has 5 heteroatoms. The van der Waals surface area contributed by atoms with Gasteiger partial charge in [-0.25, -0.2) is 4.79 Å². The summed E-state index contributed by atoms with van der Waals surface area (Å²) in [5, 5.41) is 19.5. The van der Waals surface area contributed by atoms with Crippen LogP contribution in [0, 0.1) is 11.8 Å². The monoisotopic (exact) mass is 259 g/mol. The van der Waals surface area contributed by atoms with Crippen molar-refractivity contribution in [3.05, 3.63) is 12.2 Å². The van der Waals surface area contributed by atoms with E-state index in [4.69, 9.17) is 10.2 Å². The van der Waals surface area contributed by atoms with Crippen LogP contribution in [0.4, 0.5) is 0 Å². The fourth-order valence-corrected chi connectivity index (χ4v) is 0.919. The molecule has 0 saturated heterocycles. The van der Waals surface area contributed by atoms with E-state index in [1.165, 1.54) is 0 Å². The highest BCUT2D eigenvalue weighted by molar-refractivity contribution is 5.91. The van der Waals surface area contributed by atoms with Crippen molar-refractivity contribution in [3.8, 4) is 0 Å². The molecule has 18 heavy (non-hydrogen) atoms. The van der Waals surface area contributed by atoms with Crippen molar-refractivity contribution in [2.45, 2.75) is 34.1 Å². The first-order chi connectivity index (χ1) is 8.16. The van der Waals surface area contributed by atoms with E-state index in [0.717, 1.165) is 24.9 Å². The summed E-state index contributed by atoms with van der Waals surface area (Å²) >= 11 is 0. The smallest absolute Gasteiger partial charge is 0.331 e. The van der Waals surface area contributed by atoms with E-state index in [0.29, 0.717) is 0 Å². The Morgan fingerprint density at radius 1 is 1.06 bits per heavy atom. The Balaban J connectivity index is 0. The van der Waals surface area contributed by atoms with Crippen LogP contribution >= 0.6 is 0 Å². The van der Waals surface area contributed by atoms with E-state index in [2.05, 4.69) is 39.6 Å². The summed E-state index contributed by atoms with van der Waals surface area (Å²) in [6, 6.07) is 0. The summed E-state index contributed by atoms with van der Waals surface area (Å²) in [6.07, 6.45) is -0.505. The maximum absolute atomic E-state index is 9.87. The van der Waals surface area contributed by atoms with Gasteiger partial charge >= 0.3 is 11.9 Å². The van der Waals surface area contributed by atoms with Gasteiger partial charge in [-0.05, 0) is 24.9 Å². The molecule has 0 atom stereocenters. The maximum Gasteiger partial charge on any atom is 0.331 e. The van der Waals surface area contributed by atoms with Crippen LogP contribution in [0.5, 0.6) is 0 Å². The van der Waals surface area contributed by atoms with Gasteiger partial charge in [0, 0.05) is 5.57 Å². The van der Waals surface area contributed by atoms with Gasteiger partial charge in [0.2, 0.25) is 0 Å². The van der Waals surface area contributed by atoms with Gasteiger partial charge in [0.1, 0.15) is 0 Å². The van der Waals surface area contributed by atoms with Gasteiger partial charge in [0.05, 0.1) is 6.42 Å². The van der Waals surface area contributed by atoms with Crippen molar-refractivity contribution in [3.63, 3.8) is 0 Å². The van der Waals surface area contributed by atoms with Gasteiger partial charge in [0.25, 0.3) is 0 Å². The largest absolute Gasteiger partial charge is 0.481 e. The SMILES string of the molecule is C=C(CC(=O)O)C(=O)O.CC(C)CNCC(C)C. The van der Waals surface area contributed by atoms with Gasteiger partial charge in [-0.2, -0.15) is 0 Å². The Hall–Kier alpha value is -1.36. The lowest BCUT2D eigenvalue weighted by molar-refractivity contribution is -0.139. The zero-order valence-electron chi connectivity index (χ0n) is 11.7. The van der Waals surface area contributed by atoms with Crippen molar-refractivity contribution in [1.29, 1.82) is 0 Å². The van der Waals surface area contributed by atoms with Gasteiger partial charge in [-0.3, -0.25) is 4.79 Å². The lowest BCUT2D eigenvalue weighted by atomic mass is 10.2. The summed E-state index contributed by atoms with van der Waals surface area (Å²) in [5.41, 5.74) is -0.303. The molecule has 106 valence electrons. The summed E-state index contributed by atoms with van der Waals surface area (Å²) in [7, 11) is 0. The molecule has 0 aliphatic heterocycles. The minimum Gasteiger partial charge on any atom is -0.481 e. The zero-order chi connectivity index (χ0) is 14.7. The normalized spacial score (nSPS) is 9.89. The van der Waals surface area contributed by atoms with Crippen LogP contribution in [-0.2, 0) is 9.59 Å². The second kappa shape index (κ2) is 10.8. The summed E-state index contributed by atoms with van der Waals surface area (Å²) in [5.74, 6) is -0.882. The molecular weight excluding hydrogens is 234 g/mol. The average Bonchev–Trinajstić information content (AvgIpc) is 2.15. The molecule has 0 rings (SSSR count). The molecule has 0 amide bonds. The predicted molar refractivity (Wildman–Crippen MR) is 71.6 cm³/mol. The minimum absolute atomic E-state index is 0.303. The van der Waals surface area contributed by atoms with Crippen molar-refractivity contribution in [2.75, 3.05) is 13.1 Å². The molecule has 0 saturated carbocycles. The van der Waals surface area contributed by atoms with E-state index >= 15 is 0 Å². The third-order valence-corrected chi connectivity index (χ3v) is 1.77. The van der Waals surface area contributed by atoms with Gasteiger partial charge in [-0.15, -0.1) is 0 Å². The summed E-state index contributed by atoms with van der Waals surface area (Å²) in [6.45, 7) is 14.2. The molecule has 0 radical (unpaired) electrons. The minimum atomic E-state index is -1.27. The van der Waals surface area contributed by atoms with Gasteiger partial charge in [0.15, 0.2) is 0 Å². The Kier molecular flexibility index (Phi) is 11.4. The number of carbonyl (C=O) groups is 2. The fourth-order valence-electron chi connectivity index (χ4n) is 0.919. The van der Waals surface area contributed by atoms with Crippen LogP contribution in [0.15, 0.2) is 12.2 Å². The molecule has 0 aromatic carbocycles. The first-order valence-electron chi connectivity index (χ1n) is 6.00. The van der Waals surface area contributed by atoms with E-state index in [1.807, 2.05) is 0 Å². The van der Waals surface area contributed by atoms with Crippen LogP contribution in [-0.4, -0.2) is 35.2 Å². The molecule has 0 heterocycles. The third-order valence-electron chi connectivity index (χ3n) is 1.77. The molecule has 0 aromatic rings. The topological polar surface area (TPSA) is 86.6 Å².